The predicted octanol–water partition coefficient (Wildman–Crippen LogP) is 2.54. The molecular weight excluding hydrogens is 258 g/mol. The molecule has 0 aliphatic rings. The summed E-state index contributed by atoms with van der Waals surface area (Å²) in [5.41, 5.74) is -0.00167. The first kappa shape index (κ1) is 13.6. The minimum Gasteiger partial charge on any atom is -0.478 e. The number of para-hydroxylation sites is 1. The Balaban J connectivity index is 2.35. The quantitative estimate of drug-likeness (QED) is 0.896. The Bertz CT molecular complexity index is 638. The standard InChI is InChI=1S/C15H13NO4/c1-16-14(17)12-8-7-11(9-13(12)15(18)19)20-10-5-3-2-4-6-10/h2-9H,1H3,(H,16,17)(H,18,19). The minimum atomic E-state index is -1.18. The zero-order chi connectivity index (χ0) is 14.5. The highest BCUT2D eigenvalue weighted by molar-refractivity contribution is 6.05. The summed E-state index contributed by atoms with van der Waals surface area (Å²) in [6.07, 6.45) is 0. The van der Waals surface area contributed by atoms with E-state index in [1.807, 2.05) is 18.2 Å². The van der Waals surface area contributed by atoms with Gasteiger partial charge in [-0.15, -0.1) is 0 Å². The number of aromatic carboxylic acids is 1. The topological polar surface area (TPSA) is 75.6 Å². The van der Waals surface area contributed by atoms with E-state index in [1.54, 1.807) is 18.2 Å². The third-order valence-corrected chi connectivity index (χ3v) is 2.67. The normalized spacial score (nSPS) is 9.85. The molecule has 1 amide bonds. The molecule has 0 aliphatic carbocycles. The van der Waals surface area contributed by atoms with Crippen LogP contribution in [0.2, 0.25) is 0 Å². The Hall–Kier alpha value is -2.82. The smallest absolute Gasteiger partial charge is 0.336 e. The predicted molar refractivity (Wildman–Crippen MR) is 73.3 cm³/mol. The molecule has 2 rings (SSSR count). The lowest BCUT2D eigenvalue weighted by Crippen LogP contribution is -2.21. The second kappa shape index (κ2) is 5.88. The van der Waals surface area contributed by atoms with E-state index in [4.69, 9.17) is 9.84 Å². The van der Waals surface area contributed by atoms with E-state index >= 15 is 0 Å². The molecule has 5 heteroatoms. The van der Waals surface area contributed by atoms with E-state index in [9.17, 15) is 9.59 Å². The molecule has 2 N–H and O–H groups in total. The fourth-order valence-corrected chi connectivity index (χ4v) is 1.72. The van der Waals surface area contributed by atoms with Gasteiger partial charge < -0.3 is 15.2 Å². The van der Waals surface area contributed by atoms with E-state index in [0.29, 0.717) is 11.5 Å². The number of benzene rings is 2. The Labute approximate surface area is 115 Å². The fourth-order valence-electron chi connectivity index (χ4n) is 1.72. The number of nitrogens with one attached hydrogen (secondary N) is 1. The number of hydrogen-bond donors (Lipinski definition) is 2. The average Bonchev–Trinajstić information content (AvgIpc) is 2.47. The molecule has 102 valence electrons. The molecule has 0 saturated heterocycles. The van der Waals surface area contributed by atoms with Crippen LogP contribution in [-0.2, 0) is 0 Å². The number of rotatable bonds is 4. The molecular formula is C15H13NO4. The molecule has 20 heavy (non-hydrogen) atoms. The number of carboxylic acid groups (broad SMARTS) is 1. The lowest BCUT2D eigenvalue weighted by molar-refractivity contribution is 0.0691. The lowest BCUT2D eigenvalue weighted by atomic mass is 10.1. The highest BCUT2D eigenvalue weighted by Gasteiger charge is 2.16. The van der Waals surface area contributed by atoms with Crippen molar-refractivity contribution in [2.24, 2.45) is 0 Å². The van der Waals surface area contributed by atoms with Crippen molar-refractivity contribution in [3.8, 4) is 11.5 Å². The molecule has 5 nitrogen and oxygen atoms in total. The van der Waals surface area contributed by atoms with Crippen LogP contribution < -0.4 is 10.1 Å². The maximum absolute atomic E-state index is 11.6. The van der Waals surface area contributed by atoms with Crippen LogP contribution in [0.4, 0.5) is 0 Å². The maximum atomic E-state index is 11.6. The van der Waals surface area contributed by atoms with Crippen molar-refractivity contribution in [2.75, 3.05) is 7.05 Å². The largest absolute Gasteiger partial charge is 0.478 e. The van der Waals surface area contributed by atoms with Crippen molar-refractivity contribution in [1.82, 2.24) is 5.32 Å². The first-order chi connectivity index (χ1) is 9.61. The van der Waals surface area contributed by atoms with Crippen molar-refractivity contribution in [3.05, 3.63) is 59.7 Å². The van der Waals surface area contributed by atoms with Crippen LogP contribution in [0, 0.1) is 0 Å². The number of ether oxygens (including phenoxy) is 1. The van der Waals surface area contributed by atoms with Crippen LogP contribution in [0.1, 0.15) is 20.7 Å². The van der Waals surface area contributed by atoms with Gasteiger partial charge in [0.15, 0.2) is 0 Å². The zero-order valence-electron chi connectivity index (χ0n) is 10.8. The minimum absolute atomic E-state index is 0.0976. The van der Waals surface area contributed by atoms with Crippen molar-refractivity contribution < 1.29 is 19.4 Å². The third kappa shape index (κ3) is 2.95. The van der Waals surface area contributed by atoms with E-state index < -0.39 is 11.9 Å². The first-order valence-corrected chi connectivity index (χ1v) is 5.94. The highest BCUT2D eigenvalue weighted by Crippen LogP contribution is 2.24. The summed E-state index contributed by atoms with van der Waals surface area (Å²) in [5.74, 6) is -0.673. The van der Waals surface area contributed by atoms with Gasteiger partial charge in [-0.2, -0.15) is 0 Å². The summed E-state index contributed by atoms with van der Waals surface area (Å²) in [6, 6.07) is 13.3. The van der Waals surface area contributed by atoms with Gasteiger partial charge in [-0.25, -0.2) is 4.79 Å². The van der Waals surface area contributed by atoms with Crippen LogP contribution in [0.5, 0.6) is 11.5 Å². The number of amides is 1. The summed E-state index contributed by atoms with van der Waals surface area (Å²) < 4.78 is 5.54. The van der Waals surface area contributed by atoms with Gasteiger partial charge in [-0.05, 0) is 30.3 Å². The molecule has 0 aromatic heterocycles. The third-order valence-electron chi connectivity index (χ3n) is 2.67. The zero-order valence-corrected chi connectivity index (χ0v) is 10.8. The maximum Gasteiger partial charge on any atom is 0.336 e. The summed E-state index contributed by atoms with van der Waals surface area (Å²) in [6.45, 7) is 0. The molecule has 0 bridgehead atoms. The number of carboxylic acids is 1. The van der Waals surface area contributed by atoms with Gasteiger partial charge in [0.25, 0.3) is 5.91 Å². The van der Waals surface area contributed by atoms with Crippen LogP contribution >= 0.6 is 0 Å². The Morgan fingerprint density at radius 1 is 1.00 bits per heavy atom. The molecule has 0 spiro atoms. The van der Waals surface area contributed by atoms with Crippen LogP contribution in [-0.4, -0.2) is 24.0 Å². The first-order valence-electron chi connectivity index (χ1n) is 5.94. The molecule has 0 unspecified atom stereocenters. The summed E-state index contributed by atoms with van der Waals surface area (Å²) in [7, 11) is 1.45. The SMILES string of the molecule is CNC(=O)c1ccc(Oc2ccccc2)cc1C(=O)O. The Kier molecular flexibility index (Phi) is 4.00. The van der Waals surface area contributed by atoms with Crippen LogP contribution in [0.15, 0.2) is 48.5 Å². The van der Waals surface area contributed by atoms with E-state index in [1.165, 1.54) is 19.2 Å². The highest BCUT2D eigenvalue weighted by atomic mass is 16.5. The molecule has 0 heterocycles. The van der Waals surface area contributed by atoms with Gasteiger partial charge in [0.2, 0.25) is 0 Å². The van der Waals surface area contributed by atoms with Crippen molar-refractivity contribution in [2.45, 2.75) is 0 Å². The van der Waals surface area contributed by atoms with Crippen LogP contribution in [0.3, 0.4) is 0 Å². The summed E-state index contributed by atoms with van der Waals surface area (Å²) in [4.78, 5) is 22.8. The van der Waals surface area contributed by atoms with Gasteiger partial charge in [-0.1, -0.05) is 18.2 Å². The van der Waals surface area contributed by atoms with Crippen LogP contribution in [0.25, 0.3) is 0 Å². The van der Waals surface area contributed by atoms with Crippen molar-refractivity contribution in [3.63, 3.8) is 0 Å². The molecule has 0 radical (unpaired) electrons. The van der Waals surface area contributed by atoms with Gasteiger partial charge in [0.05, 0.1) is 11.1 Å². The summed E-state index contributed by atoms with van der Waals surface area (Å²) >= 11 is 0. The number of carbonyl (C=O) groups is 2. The van der Waals surface area contributed by atoms with Gasteiger partial charge >= 0.3 is 5.97 Å². The van der Waals surface area contributed by atoms with Crippen molar-refractivity contribution in [1.29, 1.82) is 0 Å². The van der Waals surface area contributed by atoms with Crippen molar-refractivity contribution >= 4 is 11.9 Å². The Morgan fingerprint density at radius 3 is 2.30 bits per heavy atom. The summed E-state index contributed by atoms with van der Waals surface area (Å²) in [5, 5.41) is 11.6. The lowest BCUT2D eigenvalue weighted by Gasteiger charge is -2.09. The fraction of sp³-hybridized carbons (Fsp3) is 0.0667. The Morgan fingerprint density at radius 2 is 1.70 bits per heavy atom. The molecule has 2 aromatic carbocycles. The molecule has 0 fully saturated rings. The average molecular weight is 271 g/mol. The molecule has 0 aliphatic heterocycles. The van der Waals surface area contributed by atoms with E-state index in [-0.39, 0.29) is 11.1 Å². The molecule has 0 atom stereocenters. The van der Waals surface area contributed by atoms with E-state index in [2.05, 4.69) is 5.32 Å². The molecule has 2 aromatic rings. The van der Waals surface area contributed by atoms with Gasteiger partial charge in [-0.3, -0.25) is 4.79 Å². The van der Waals surface area contributed by atoms with E-state index in [0.717, 1.165) is 0 Å². The van der Waals surface area contributed by atoms with Gasteiger partial charge in [0.1, 0.15) is 11.5 Å². The monoisotopic (exact) mass is 271 g/mol. The molecule has 0 saturated carbocycles. The number of carbonyl (C=O) groups excluding carboxylic acids is 1. The van der Waals surface area contributed by atoms with Gasteiger partial charge in [0, 0.05) is 7.05 Å². The second-order valence-electron chi connectivity index (χ2n) is 4.01. The number of hydrogen-bond acceptors (Lipinski definition) is 3. The second-order valence-corrected chi connectivity index (χ2v) is 4.01.